The van der Waals surface area contributed by atoms with Gasteiger partial charge in [0.15, 0.2) is 0 Å². The van der Waals surface area contributed by atoms with E-state index in [-0.39, 0.29) is 5.82 Å². The number of aryl methyl sites for hydroxylation is 1. The quantitative estimate of drug-likeness (QED) is 0.876. The van der Waals surface area contributed by atoms with Crippen LogP contribution in [0, 0.1) is 18.7 Å². The number of aliphatic hydroxyl groups is 1. The van der Waals surface area contributed by atoms with Crippen molar-refractivity contribution in [2.75, 3.05) is 11.4 Å². The highest BCUT2D eigenvalue weighted by atomic mass is 19.1. The van der Waals surface area contributed by atoms with Gasteiger partial charge in [-0.25, -0.2) is 4.39 Å². The van der Waals surface area contributed by atoms with Gasteiger partial charge in [-0.1, -0.05) is 12.8 Å². The standard InChI is InChI=1S/C18H26FNO/c1-12-10-18(15(13(2)21)11-16(12)19)20-9-5-7-14-6-3-4-8-17(14)20/h10-11,13-14,17,21H,3-9H2,1-2H3/t13-,14?,17?/m0/s1. The highest BCUT2D eigenvalue weighted by molar-refractivity contribution is 5.58. The molecule has 1 heterocycles. The van der Waals surface area contributed by atoms with Gasteiger partial charge in [0.05, 0.1) is 6.10 Å². The second-order valence-corrected chi connectivity index (χ2v) is 6.78. The fraction of sp³-hybridized carbons (Fsp3) is 0.667. The summed E-state index contributed by atoms with van der Waals surface area (Å²) in [6.07, 6.45) is 7.11. The first-order valence-corrected chi connectivity index (χ1v) is 8.32. The zero-order chi connectivity index (χ0) is 15.0. The molecule has 1 aromatic rings. The van der Waals surface area contributed by atoms with Crippen molar-refractivity contribution in [2.24, 2.45) is 5.92 Å². The van der Waals surface area contributed by atoms with Crippen molar-refractivity contribution in [3.63, 3.8) is 0 Å². The van der Waals surface area contributed by atoms with E-state index in [9.17, 15) is 9.50 Å². The average Bonchev–Trinajstić information content (AvgIpc) is 2.49. The van der Waals surface area contributed by atoms with Gasteiger partial charge >= 0.3 is 0 Å². The van der Waals surface area contributed by atoms with Crippen LogP contribution in [0.4, 0.5) is 10.1 Å². The summed E-state index contributed by atoms with van der Waals surface area (Å²) in [6, 6.07) is 4.05. The summed E-state index contributed by atoms with van der Waals surface area (Å²) in [5, 5.41) is 10.1. The third-order valence-corrected chi connectivity index (χ3v) is 5.31. The Morgan fingerprint density at radius 1 is 1.19 bits per heavy atom. The van der Waals surface area contributed by atoms with E-state index < -0.39 is 6.10 Å². The van der Waals surface area contributed by atoms with E-state index in [1.165, 1.54) is 44.6 Å². The van der Waals surface area contributed by atoms with Crippen LogP contribution in [-0.2, 0) is 0 Å². The van der Waals surface area contributed by atoms with Crippen molar-refractivity contribution in [3.8, 4) is 0 Å². The van der Waals surface area contributed by atoms with E-state index in [1.807, 2.05) is 13.0 Å². The lowest BCUT2D eigenvalue weighted by Crippen LogP contribution is -2.47. The molecule has 0 spiro atoms. The van der Waals surface area contributed by atoms with E-state index >= 15 is 0 Å². The Morgan fingerprint density at radius 2 is 1.90 bits per heavy atom. The summed E-state index contributed by atoms with van der Waals surface area (Å²) >= 11 is 0. The Labute approximate surface area is 127 Å². The second kappa shape index (κ2) is 5.96. The molecule has 21 heavy (non-hydrogen) atoms. The van der Waals surface area contributed by atoms with E-state index in [2.05, 4.69) is 4.90 Å². The van der Waals surface area contributed by atoms with E-state index in [4.69, 9.17) is 0 Å². The van der Waals surface area contributed by atoms with Gasteiger partial charge in [-0.3, -0.25) is 0 Å². The summed E-state index contributed by atoms with van der Waals surface area (Å²) in [5.41, 5.74) is 2.47. The van der Waals surface area contributed by atoms with Gasteiger partial charge < -0.3 is 10.0 Å². The zero-order valence-electron chi connectivity index (χ0n) is 13.1. The number of nitrogens with zero attached hydrogens (tertiary/aromatic N) is 1. The topological polar surface area (TPSA) is 23.5 Å². The monoisotopic (exact) mass is 291 g/mol. The molecule has 1 aliphatic carbocycles. The number of rotatable bonds is 2. The molecule has 116 valence electrons. The fourth-order valence-electron chi connectivity index (χ4n) is 4.19. The van der Waals surface area contributed by atoms with Gasteiger partial charge in [0.2, 0.25) is 0 Å². The van der Waals surface area contributed by atoms with Crippen LogP contribution >= 0.6 is 0 Å². The number of hydrogen-bond acceptors (Lipinski definition) is 2. The maximum atomic E-state index is 13.9. The molecule has 0 bridgehead atoms. The largest absolute Gasteiger partial charge is 0.389 e. The number of aliphatic hydroxyl groups excluding tert-OH is 1. The molecule has 0 aromatic heterocycles. The number of halogens is 1. The molecule has 3 heteroatoms. The van der Waals surface area contributed by atoms with E-state index in [1.54, 1.807) is 6.92 Å². The minimum absolute atomic E-state index is 0.216. The molecule has 2 fully saturated rings. The normalized spacial score (nSPS) is 27.3. The van der Waals surface area contributed by atoms with Crippen molar-refractivity contribution in [1.82, 2.24) is 0 Å². The number of fused-ring (bicyclic) bond motifs is 1. The predicted molar refractivity (Wildman–Crippen MR) is 84.1 cm³/mol. The molecule has 2 aliphatic rings. The first-order chi connectivity index (χ1) is 10.1. The molecule has 3 rings (SSSR count). The first kappa shape index (κ1) is 14.8. The molecule has 1 N–H and O–H groups in total. The number of benzene rings is 1. The number of hydrogen-bond donors (Lipinski definition) is 1. The second-order valence-electron chi connectivity index (χ2n) is 6.78. The third-order valence-electron chi connectivity index (χ3n) is 5.31. The summed E-state index contributed by atoms with van der Waals surface area (Å²) in [4.78, 5) is 2.46. The van der Waals surface area contributed by atoms with Crippen molar-refractivity contribution >= 4 is 5.69 Å². The van der Waals surface area contributed by atoms with Crippen molar-refractivity contribution in [1.29, 1.82) is 0 Å². The molecule has 2 unspecified atom stereocenters. The van der Waals surface area contributed by atoms with E-state index in [0.29, 0.717) is 11.6 Å². The lowest BCUT2D eigenvalue weighted by molar-refractivity contribution is 0.197. The highest BCUT2D eigenvalue weighted by Crippen LogP contribution is 2.40. The molecule has 2 nitrogen and oxygen atoms in total. The van der Waals surface area contributed by atoms with Gasteiger partial charge in [-0.05, 0) is 63.1 Å². The van der Waals surface area contributed by atoms with Gasteiger partial charge in [0.1, 0.15) is 5.82 Å². The molecule has 3 atom stereocenters. The molecular weight excluding hydrogens is 265 g/mol. The average molecular weight is 291 g/mol. The van der Waals surface area contributed by atoms with Crippen LogP contribution < -0.4 is 4.90 Å². The van der Waals surface area contributed by atoms with Crippen molar-refractivity contribution in [3.05, 3.63) is 29.1 Å². The van der Waals surface area contributed by atoms with Gasteiger partial charge in [-0.2, -0.15) is 0 Å². The molecule has 1 saturated carbocycles. The summed E-state index contributed by atoms with van der Waals surface area (Å²) in [7, 11) is 0. The Balaban J connectivity index is 1.99. The van der Waals surface area contributed by atoms with Crippen LogP contribution in [0.3, 0.4) is 0 Å². The SMILES string of the molecule is Cc1cc(N2CCCC3CCCCC32)c([C@H](C)O)cc1F. The third kappa shape index (κ3) is 2.80. The van der Waals surface area contributed by atoms with Crippen LogP contribution in [0.15, 0.2) is 12.1 Å². The highest BCUT2D eigenvalue weighted by Gasteiger charge is 2.34. The minimum Gasteiger partial charge on any atom is -0.389 e. The number of anilines is 1. The maximum Gasteiger partial charge on any atom is 0.126 e. The first-order valence-electron chi connectivity index (χ1n) is 8.32. The number of piperidine rings is 1. The van der Waals surface area contributed by atoms with E-state index in [0.717, 1.165) is 23.7 Å². The molecular formula is C18H26FNO. The fourth-order valence-corrected chi connectivity index (χ4v) is 4.19. The van der Waals surface area contributed by atoms with Gasteiger partial charge in [0.25, 0.3) is 0 Å². The molecule has 1 aliphatic heterocycles. The lowest BCUT2D eigenvalue weighted by atomic mass is 9.78. The zero-order valence-corrected chi connectivity index (χ0v) is 13.1. The van der Waals surface area contributed by atoms with Crippen LogP contribution in [0.5, 0.6) is 0 Å². The van der Waals surface area contributed by atoms with Crippen LogP contribution in [0.25, 0.3) is 0 Å². The van der Waals surface area contributed by atoms with Gasteiger partial charge in [0, 0.05) is 23.8 Å². The van der Waals surface area contributed by atoms with Gasteiger partial charge in [-0.15, -0.1) is 0 Å². The Hall–Kier alpha value is -1.09. The summed E-state index contributed by atoms with van der Waals surface area (Å²) in [5.74, 6) is 0.562. The van der Waals surface area contributed by atoms with Crippen LogP contribution in [0.1, 0.15) is 62.7 Å². The Morgan fingerprint density at radius 3 is 2.67 bits per heavy atom. The van der Waals surface area contributed by atoms with Crippen molar-refractivity contribution in [2.45, 2.75) is 64.5 Å². The Kier molecular flexibility index (Phi) is 4.21. The summed E-state index contributed by atoms with van der Waals surface area (Å²) in [6.45, 7) is 4.58. The Bertz CT molecular complexity index is 512. The minimum atomic E-state index is -0.626. The molecule has 1 aromatic carbocycles. The maximum absolute atomic E-state index is 13.9. The summed E-state index contributed by atoms with van der Waals surface area (Å²) < 4.78 is 13.9. The predicted octanol–water partition coefficient (Wildman–Crippen LogP) is 4.35. The molecule has 0 amide bonds. The lowest BCUT2D eigenvalue weighted by Gasteiger charge is -2.46. The molecule has 0 radical (unpaired) electrons. The smallest absolute Gasteiger partial charge is 0.126 e. The van der Waals surface area contributed by atoms with Crippen LogP contribution in [-0.4, -0.2) is 17.7 Å². The van der Waals surface area contributed by atoms with Crippen molar-refractivity contribution < 1.29 is 9.50 Å². The molecule has 1 saturated heterocycles. The van der Waals surface area contributed by atoms with Crippen LogP contribution in [0.2, 0.25) is 0 Å².